The van der Waals surface area contributed by atoms with Gasteiger partial charge in [0.15, 0.2) is 0 Å². The molecule has 3 aromatic carbocycles. The van der Waals surface area contributed by atoms with Crippen LogP contribution in [-0.4, -0.2) is 20.9 Å². The molecule has 0 spiro atoms. The van der Waals surface area contributed by atoms with Gasteiger partial charge < -0.3 is 5.32 Å². The zero-order valence-corrected chi connectivity index (χ0v) is 20.2. The average molecular weight is 471 g/mol. The van der Waals surface area contributed by atoms with E-state index in [1.165, 1.54) is 0 Å². The summed E-state index contributed by atoms with van der Waals surface area (Å²) in [6.45, 7) is 7.17. The predicted octanol–water partition coefficient (Wildman–Crippen LogP) is 5.34. The number of hydrogen-bond acceptors (Lipinski definition) is 3. The number of nitrogens with one attached hydrogen (secondary N) is 1. The Bertz CT molecular complexity index is 1210. The summed E-state index contributed by atoms with van der Waals surface area (Å²) in [5.74, 6) is -0.400. The smallest absolute Gasteiger partial charge is 0.264 e. The van der Waals surface area contributed by atoms with E-state index >= 15 is 0 Å². The van der Waals surface area contributed by atoms with E-state index in [4.69, 9.17) is 11.6 Å². The second kappa shape index (κ2) is 9.76. The lowest BCUT2D eigenvalue weighted by Crippen LogP contribution is -2.41. The van der Waals surface area contributed by atoms with Crippen LogP contribution in [0.25, 0.3) is 0 Å². The summed E-state index contributed by atoms with van der Waals surface area (Å²) < 4.78 is 28.2. The summed E-state index contributed by atoms with van der Waals surface area (Å²) in [5, 5.41) is 3.40. The Labute approximate surface area is 195 Å². The summed E-state index contributed by atoms with van der Waals surface area (Å²) in [5.41, 5.74) is 4.09. The first-order valence-electron chi connectivity index (χ1n) is 10.3. The lowest BCUT2D eigenvalue weighted by molar-refractivity contribution is -0.120. The third-order valence-electron chi connectivity index (χ3n) is 5.28. The molecule has 168 valence electrons. The van der Waals surface area contributed by atoms with Crippen LogP contribution in [0.2, 0.25) is 5.02 Å². The number of benzene rings is 3. The van der Waals surface area contributed by atoms with Gasteiger partial charge in [0, 0.05) is 5.02 Å². The van der Waals surface area contributed by atoms with E-state index < -0.39 is 15.9 Å². The predicted molar refractivity (Wildman–Crippen MR) is 130 cm³/mol. The van der Waals surface area contributed by atoms with Crippen molar-refractivity contribution in [2.75, 3.05) is 10.8 Å². The number of carbonyl (C=O) groups is 1. The van der Waals surface area contributed by atoms with E-state index in [0.717, 1.165) is 21.0 Å². The Morgan fingerprint density at radius 3 is 2.06 bits per heavy atom. The first-order chi connectivity index (χ1) is 15.1. The molecule has 0 heterocycles. The van der Waals surface area contributed by atoms with Crippen LogP contribution in [0.1, 0.15) is 35.2 Å². The van der Waals surface area contributed by atoms with Crippen LogP contribution in [-0.2, 0) is 14.8 Å². The minimum Gasteiger partial charge on any atom is -0.348 e. The molecule has 3 aromatic rings. The van der Waals surface area contributed by atoms with Gasteiger partial charge in [-0.3, -0.25) is 9.10 Å². The molecule has 7 heteroatoms. The fourth-order valence-electron chi connectivity index (χ4n) is 3.39. The second-order valence-electron chi connectivity index (χ2n) is 7.96. The number of aryl methyl sites for hydroxylation is 3. The Morgan fingerprint density at radius 2 is 1.50 bits per heavy atom. The number of amides is 1. The average Bonchev–Trinajstić information content (AvgIpc) is 2.73. The third-order valence-corrected chi connectivity index (χ3v) is 7.29. The molecule has 0 unspecified atom stereocenters. The SMILES string of the molecule is Cc1ccc([C@H](C)NC(=O)CN(c2ccc(Cl)cc2C)S(=O)(=O)c2ccc(C)cc2)cc1. The zero-order chi connectivity index (χ0) is 23.5. The Hall–Kier alpha value is -2.83. The van der Waals surface area contributed by atoms with Crippen LogP contribution in [0.5, 0.6) is 0 Å². The van der Waals surface area contributed by atoms with Gasteiger partial charge in [0.05, 0.1) is 16.6 Å². The van der Waals surface area contributed by atoms with Crippen molar-refractivity contribution in [2.24, 2.45) is 0 Å². The molecule has 1 atom stereocenters. The molecule has 0 aromatic heterocycles. The molecular weight excluding hydrogens is 444 g/mol. The Kier molecular flexibility index (Phi) is 7.26. The molecule has 0 aliphatic rings. The van der Waals surface area contributed by atoms with Crippen LogP contribution in [0.4, 0.5) is 5.69 Å². The van der Waals surface area contributed by atoms with Crippen molar-refractivity contribution in [1.82, 2.24) is 5.32 Å². The van der Waals surface area contributed by atoms with Crippen molar-refractivity contribution in [3.05, 3.63) is 94.0 Å². The first-order valence-corrected chi connectivity index (χ1v) is 12.1. The van der Waals surface area contributed by atoms with Crippen LogP contribution < -0.4 is 9.62 Å². The van der Waals surface area contributed by atoms with Crippen LogP contribution in [0.15, 0.2) is 71.6 Å². The van der Waals surface area contributed by atoms with E-state index in [0.29, 0.717) is 16.3 Å². The fraction of sp³-hybridized carbons (Fsp3) is 0.240. The number of sulfonamides is 1. The molecule has 0 fully saturated rings. The summed E-state index contributed by atoms with van der Waals surface area (Å²) in [7, 11) is -3.98. The van der Waals surface area contributed by atoms with Gasteiger partial charge in [0.1, 0.15) is 6.54 Å². The molecular formula is C25H27ClN2O3S. The highest BCUT2D eigenvalue weighted by Crippen LogP contribution is 2.29. The summed E-state index contributed by atoms with van der Waals surface area (Å²) >= 11 is 6.08. The molecule has 0 aliphatic heterocycles. The number of anilines is 1. The van der Waals surface area contributed by atoms with E-state index in [-0.39, 0.29) is 17.5 Å². The normalized spacial score (nSPS) is 12.3. The number of carbonyl (C=O) groups excluding carboxylic acids is 1. The minimum atomic E-state index is -3.98. The molecule has 0 saturated carbocycles. The fourth-order valence-corrected chi connectivity index (χ4v) is 5.10. The number of hydrogen-bond donors (Lipinski definition) is 1. The van der Waals surface area contributed by atoms with Crippen molar-refractivity contribution in [3.8, 4) is 0 Å². The van der Waals surface area contributed by atoms with Gasteiger partial charge in [-0.25, -0.2) is 8.42 Å². The summed E-state index contributed by atoms with van der Waals surface area (Å²) in [6, 6.07) is 19.1. The van der Waals surface area contributed by atoms with Gasteiger partial charge in [-0.2, -0.15) is 0 Å². The maximum Gasteiger partial charge on any atom is 0.264 e. The molecule has 5 nitrogen and oxygen atoms in total. The van der Waals surface area contributed by atoms with Crippen molar-refractivity contribution in [2.45, 2.75) is 38.6 Å². The zero-order valence-electron chi connectivity index (χ0n) is 18.6. The summed E-state index contributed by atoms with van der Waals surface area (Å²) in [6.07, 6.45) is 0. The van der Waals surface area contributed by atoms with Gasteiger partial charge in [0.25, 0.3) is 10.0 Å². The van der Waals surface area contributed by atoms with Crippen LogP contribution >= 0.6 is 11.6 Å². The number of nitrogens with zero attached hydrogens (tertiary/aromatic N) is 1. The largest absolute Gasteiger partial charge is 0.348 e. The Balaban J connectivity index is 1.92. The van der Waals surface area contributed by atoms with Gasteiger partial charge >= 0.3 is 0 Å². The standard InChI is InChI=1S/C25H27ClN2O3S/c1-17-5-9-21(10-6-17)20(4)27-25(29)16-28(24-14-11-22(26)15-19(24)3)32(30,31)23-12-7-18(2)8-13-23/h5-15,20H,16H2,1-4H3,(H,27,29)/t20-/m0/s1. The van der Waals surface area contributed by atoms with Gasteiger partial charge in [0.2, 0.25) is 5.91 Å². The Morgan fingerprint density at radius 1 is 0.938 bits per heavy atom. The molecule has 0 saturated heterocycles. The maximum absolute atomic E-state index is 13.5. The van der Waals surface area contributed by atoms with Gasteiger partial charge in [-0.05, 0) is 69.2 Å². The lowest BCUT2D eigenvalue weighted by atomic mass is 10.1. The molecule has 0 aliphatic carbocycles. The van der Waals surface area contributed by atoms with Crippen LogP contribution in [0, 0.1) is 20.8 Å². The van der Waals surface area contributed by atoms with E-state index in [1.54, 1.807) is 49.4 Å². The minimum absolute atomic E-state index is 0.122. The number of halogens is 1. The topological polar surface area (TPSA) is 66.5 Å². The molecule has 1 amide bonds. The van der Waals surface area contributed by atoms with Gasteiger partial charge in [-0.1, -0.05) is 59.1 Å². The summed E-state index contributed by atoms with van der Waals surface area (Å²) in [4.78, 5) is 13.1. The molecule has 1 N–H and O–H groups in total. The van der Waals surface area contributed by atoms with Crippen LogP contribution in [0.3, 0.4) is 0 Å². The van der Waals surface area contributed by atoms with Crippen molar-refractivity contribution < 1.29 is 13.2 Å². The highest BCUT2D eigenvalue weighted by atomic mass is 35.5. The lowest BCUT2D eigenvalue weighted by Gasteiger charge is -2.26. The maximum atomic E-state index is 13.5. The number of rotatable bonds is 7. The monoisotopic (exact) mass is 470 g/mol. The molecule has 3 rings (SSSR count). The quantitative estimate of drug-likeness (QED) is 0.507. The van der Waals surface area contributed by atoms with E-state index in [1.807, 2.05) is 45.0 Å². The first kappa shape index (κ1) is 23.8. The van der Waals surface area contributed by atoms with Crippen molar-refractivity contribution in [3.63, 3.8) is 0 Å². The molecule has 32 heavy (non-hydrogen) atoms. The second-order valence-corrected chi connectivity index (χ2v) is 10.3. The highest BCUT2D eigenvalue weighted by molar-refractivity contribution is 7.92. The molecule has 0 radical (unpaired) electrons. The molecule has 0 bridgehead atoms. The van der Waals surface area contributed by atoms with E-state index in [9.17, 15) is 13.2 Å². The third kappa shape index (κ3) is 5.50. The highest BCUT2D eigenvalue weighted by Gasteiger charge is 2.28. The van der Waals surface area contributed by atoms with Gasteiger partial charge in [-0.15, -0.1) is 0 Å². The van der Waals surface area contributed by atoms with Crippen molar-refractivity contribution in [1.29, 1.82) is 0 Å². The van der Waals surface area contributed by atoms with Crippen molar-refractivity contribution >= 4 is 33.2 Å². The van der Waals surface area contributed by atoms with E-state index in [2.05, 4.69) is 5.32 Å².